The van der Waals surface area contributed by atoms with Gasteiger partial charge in [-0.2, -0.15) is 0 Å². The lowest BCUT2D eigenvalue weighted by Crippen LogP contribution is -2.15. The molecule has 4 rings (SSSR count). The average Bonchev–Trinajstić information content (AvgIpc) is 3.08. The lowest BCUT2D eigenvalue weighted by molar-refractivity contribution is 0.102. The summed E-state index contributed by atoms with van der Waals surface area (Å²) >= 11 is 4.91. The molecule has 0 saturated carbocycles. The third-order valence-corrected chi connectivity index (χ3v) is 5.18. The molecular weight excluding hydrogens is 374 g/mol. The van der Waals surface area contributed by atoms with Crippen molar-refractivity contribution in [1.82, 2.24) is 9.55 Å². The van der Waals surface area contributed by atoms with E-state index in [1.807, 2.05) is 60.1 Å². The molecule has 0 aliphatic rings. The van der Waals surface area contributed by atoms with E-state index in [0.717, 1.165) is 25.6 Å². The van der Waals surface area contributed by atoms with Gasteiger partial charge in [-0.3, -0.25) is 10.1 Å². The summed E-state index contributed by atoms with van der Waals surface area (Å²) < 4.78 is 3.93. The summed E-state index contributed by atoms with van der Waals surface area (Å²) in [6.45, 7) is 0. The van der Waals surface area contributed by atoms with Crippen LogP contribution in [-0.2, 0) is 7.05 Å². The summed E-state index contributed by atoms with van der Waals surface area (Å²) in [5.74, 6) is -0.151. The van der Waals surface area contributed by atoms with Crippen LogP contribution in [0.4, 0.5) is 5.13 Å². The van der Waals surface area contributed by atoms with E-state index in [4.69, 9.17) is 0 Å². The number of fused-ring (bicyclic) bond motifs is 2. The van der Waals surface area contributed by atoms with Gasteiger partial charge in [0.25, 0.3) is 5.91 Å². The molecule has 2 heterocycles. The van der Waals surface area contributed by atoms with Crippen LogP contribution in [-0.4, -0.2) is 15.5 Å². The minimum absolute atomic E-state index is 0.151. The van der Waals surface area contributed by atoms with Crippen LogP contribution in [0.15, 0.2) is 53.0 Å². The largest absolute Gasteiger partial charge is 0.340 e. The predicted octanol–water partition coefficient (Wildman–Crippen LogP) is 4.80. The molecule has 0 atom stereocenters. The Kier molecular flexibility index (Phi) is 3.43. The number of carbonyl (C=O) groups is 1. The van der Waals surface area contributed by atoms with Crippen molar-refractivity contribution in [2.24, 2.45) is 7.05 Å². The van der Waals surface area contributed by atoms with Crippen molar-refractivity contribution < 1.29 is 4.79 Å². The number of amides is 1. The van der Waals surface area contributed by atoms with Gasteiger partial charge >= 0.3 is 0 Å². The summed E-state index contributed by atoms with van der Waals surface area (Å²) in [7, 11) is 1.90. The highest BCUT2D eigenvalue weighted by atomic mass is 79.9. The second-order valence-corrected chi connectivity index (χ2v) is 7.18. The van der Waals surface area contributed by atoms with Gasteiger partial charge in [0.05, 0.1) is 10.2 Å². The Morgan fingerprint density at radius 3 is 2.87 bits per heavy atom. The fourth-order valence-electron chi connectivity index (χ4n) is 2.62. The van der Waals surface area contributed by atoms with E-state index in [9.17, 15) is 4.79 Å². The van der Waals surface area contributed by atoms with Crippen LogP contribution in [0.2, 0.25) is 0 Å². The number of rotatable bonds is 2. The van der Waals surface area contributed by atoms with Gasteiger partial charge in [0.1, 0.15) is 5.69 Å². The van der Waals surface area contributed by atoms with Gasteiger partial charge in [-0.05, 0) is 30.3 Å². The zero-order valence-corrected chi connectivity index (χ0v) is 14.6. The van der Waals surface area contributed by atoms with Gasteiger partial charge in [-0.15, -0.1) is 0 Å². The van der Waals surface area contributed by atoms with E-state index in [1.54, 1.807) is 0 Å². The van der Waals surface area contributed by atoms with Crippen molar-refractivity contribution >= 4 is 59.4 Å². The topological polar surface area (TPSA) is 46.9 Å². The van der Waals surface area contributed by atoms with Crippen LogP contribution in [0, 0.1) is 0 Å². The molecule has 114 valence electrons. The van der Waals surface area contributed by atoms with Gasteiger partial charge in [-0.1, -0.05) is 45.5 Å². The molecule has 0 fully saturated rings. The van der Waals surface area contributed by atoms with Crippen molar-refractivity contribution in [3.63, 3.8) is 0 Å². The maximum Gasteiger partial charge on any atom is 0.274 e. The lowest BCUT2D eigenvalue weighted by Gasteiger charge is -2.03. The van der Waals surface area contributed by atoms with Gasteiger partial charge < -0.3 is 4.57 Å². The third-order valence-electron chi connectivity index (χ3n) is 3.76. The Labute approximate surface area is 144 Å². The second-order valence-electron chi connectivity index (χ2n) is 5.23. The standard InChI is InChI=1S/C17H12BrN3OS/c1-21-13-5-3-2-4-10(13)8-14(21)16(22)20-17-19-12-7-6-11(18)9-15(12)23-17/h2-9H,1H3,(H,19,20,22). The summed E-state index contributed by atoms with van der Waals surface area (Å²) in [6.07, 6.45) is 0. The van der Waals surface area contributed by atoms with Gasteiger partial charge in [-0.25, -0.2) is 4.98 Å². The molecule has 2 aromatic carbocycles. The number of para-hydroxylation sites is 1. The second kappa shape index (κ2) is 5.47. The average molecular weight is 386 g/mol. The zero-order chi connectivity index (χ0) is 16.0. The lowest BCUT2D eigenvalue weighted by atomic mass is 10.2. The quantitative estimate of drug-likeness (QED) is 0.538. The van der Waals surface area contributed by atoms with Gasteiger partial charge in [0.15, 0.2) is 5.13 Å². The molecule has 0 aliphatic carbocycles. The summed E-state index contributed by atoms with van der Waals surface area (Å²) in [6, 6.07) is 15.7. The summed E-state index contributed by atoms with van der Waals surface area (Å²) in [5, 5.41) is 4.56. The van der Waals surface area contributed by atoms with Gasteiger partial charge in [0.2, 0.25) is 0 Å². The SMILES string of the molecule is Cn1c(C(=O)Nc2nc3ccc(Br)cc3s2)cc2ccccc21. The number of aromatic nitrogens is 2. The number of hydrogen-bond donors (Lipinski definition) is 1. The molecule has 4 nitrogen and oxygen atoms in total. The molecule has 0 spiro atoms. The minimum Gasteiger partial charge on any atom is -0.340 e. The molecule has 1 N–H and O–H groups in total. The number of carbonyl (C=O) groups excluding carboxylic acids is 1. The maximum atomic E-state index is 12.6. The number of halogens is 1. The van der Waals surface area contributed by atoms with Crippen LogP contribution in [0.5, 0.6) is 0 Å². The fraction of sp³-hybridized carbons (Fsp3) is 0.0588. The van der Waals surface area contributed by atoms with Crippen LogP contribution < -0.4 is 5.32 Å². The molecule has 0 bridgehead atoms. The molecule has 4 aromatic rings. The van der Waals surface area contributed by atoms with Crippen molar-refractivity contribution in [3.05, 3.63) is 58.7 Å². The Morgan fingerprint density at radius 2 is 2.04 bits per heavy atom. The number of benzene rings is 2. The van der Waals surface area contributed by atoms with Crippen molar-refractivity contribution in [2.45, 2.75) is 0 Å². The van der Waals surface area contributed by atoms with E-state index in [2.05, 4.69) is 26.2 Å². The van der Waals surface area contributed by atoms with E-state index in [1.165, 1.54) is 11.3 Å². The molecular formula is C17H12BrN3OS. The Morgan fingerprint density at radius 1 is 1.22 bits per heavy atom. The minimum atomic E-state index is -0.151. The smallest absolute Gasteiger partial charge is 0.274 e. The zero-order valence-electron chi connectivity index (χ0n) is 12.2. The first-order chi connectivity index (χ1) is 11.1. The van der Waals surface area contributed by atoms with Crippen LogP contribution in [0.3, 0.4) is 0 Å². The first-order valence-electron chi connectivity index (χ1n) is 7.04. The van der Waals surface area contributed by atoms with E-state index in [-0.39, 0.29) is 5.91 Å². The Balaban J connectivity index is 1.69. The first kappa shape index (κ1) is 14.4. The molecule has 0 aliphatic heterocycles. The first-order valence-corrected chi connectivity index (χ1v) is 8.65. The Bertz CT molecular complexity index is 1050. The molecule has 23 heavy (non-hydrogen) atoms. The molecule has 1 amide bonds. The van der Waals surface area contributed by atoms with Crippen LogP contribution in [0.1, 0.15) is 10.5 Å². The van der Waals surface area contributed by atoms with Crippen molar-refractivity contribution in [2.75, 3.05) is 5.32 Å². The molecule has 0 unspecified atom stereocenters. The number of nitrogens with zero attached hydrogens (tertiary/aromatic N) is 2. The van der Waals surface area contributed by atoms with E-state index < -0.39 is 0 Å². The maximum absolute atomic E-state index is 12.6. The molecule has 2 aromatic heterocycles. The molecule has 6 heteroatoms. The van der Waals surface area contributed by atoms with Crippen molar-refractivity contribution in [1.29, 1.82) is 0 Å². The number of hydrogen-bond acceptors (Lipinski definition) is 3. The molecule has 0 radical (unpaired) electrons. The number of anilines is 1. The van der Waals surface area contributed by atoms with Gasteiger partial charge in [0, 0.05) is 22.4 Å². The number of nitrogens with one attached hydrogen (secondary N) is 1. The van der Waals surface area contributed by atoms with Crippen LogP contribution in [0.25, 0.3) is 21.1 Å². The van der Waals surface area contributed by atoms with Crippen LogP contribution >= 0.6 is 27.3 Å². The number of thiazole rings is 1. The fourth-order valence-corrected chi connectivity index (χ4v) is 4.03. The summed E-state index contributed by atoms with van der Waals surface area (Å²) in [4.78, 5) is 17.0. The molecule has 0 saturated heterocycles. The van der Waals surface area contributed by atoms with Crippen molar-refractivity contribution in [3.8, 4) is 0 Å². The normalized spacial score (nSPS) is 11.2. The van der Waals surface area contributed by atoms with E-state index in [0.29, 0.717) is 10.8 Å². The monoisotopic (exact) mass is 385 g/mol. The third kappa shape index (κ3) is 2.54. The highest BCUT2D eigenvalue weighted by molar-refractivity contribution is 9.10. The highest BCUT2D eigenvalue weighted by Gasteiger charge is 2.15. The highest BCUT2D eigenvalue weighted by Crippen LogP contribution is 2.29. The summed E-state index contributed by atoms with van der Waals surface area (Å²) in [5.41, 5.74) is 2.53. The predicted molar refractivity (Wildman–Crippen MR) is 98.2 cm³/mol. The van der Waals surface area contributed by atoms with E-state index >= 15 is 0 Å². The number of aryl methyl sites for hydroxylation is 1. The Hall–Kier alpha value is -2.18.